The van der Waals surface area contributed by atoms with E-state index in [1.807, 2.05) is 0 Å². The van der Waals surface area contributed by atoms with Gasteiger partial charge in [0.15, 0.2) is 0 Å². The molecular formula is C7H15NO5S. The quantitative estimate of drug-likeness (QED) is 0.546. The normalized spacial score (nSPS) is 16.2. The van der Waals surface area contributed by atoms with E-state index in [4.69, 9.17) is 5.11 Å². The van der Waals surface area contributed by atoms with Crippen LogP contribution in [0.5, 0.6) is 0 Å². The monoisotopic (exact) mass is 225 g/mol. The van der Waals surface area contributed by atoms with Gasteiger partial charge in [0, 0.05) is 6.54 Å². The van der Waals surface area contributed by atoms with Crippen molar-refractivity contribution < 1.29 is 23.4 Å². The highest BCUT2D eigenvalue weighted by Gasteiger charge is 2.25. The summed E-state index contributed by atoms with van der Waals surface area (Å²) in [7, 11) is -3.39. The van der Waals surface area contributed by atoms with E-state index in [0.29, 0.717) is 0 Å². The summed E-state index contributed by atoms with van der Waals surface area (Å²) in [6.07, 6.45) is -0.501. The van der Waals surface area contributed by atoms with Crippen molar-refractivity contribution in [3.63, 3.8) is 0 Å². The molecule has 1 unspecified atom stereocenters. The molecule has 0 saturated carbocycles. The Labute approximate surface area is 83.0 Å². The fraction of sp³-hybridized carbons (Fsp3) is 0.857. The van der Waals surface area contributed by atoms with Crippen LogP contribution in [0, 0.1) is 0 Å². The maximum absolute atomic E-state index is 11.0. The summed E-state index contributed by atoms with van der Waals surface area (Å²) in [6.45, 7) is 2.42. The summed E-state index contributed by atoms with van der Waals surface area (Å²) in [5.41, 5.74) is -1.56. The molecule has 0 aliphatic carbocycles. The summed E-state index contributed by atoms with van der Waals surface area (Å²) in [5.74, 6) is -1.28. The van der Waals surface area contributed by atoms with Gasteiger partial charge < -0.3 is 10.2 Å². The first-order valence-corrected chi connectivity index (χ1v) is 5.75. The molecule has 0 aliphatic heterocycles. The van der Waals surface area contributed by atoms with Crippen molar-refractivity contribution in [3.8, 4) is 0 Å². The van der Waals surface area contributed by atoms with Gasteiger partial charge in [-0.05, 0) is 13.8 Å². The Morgan fingerprint density at radius 2 is 2.00 bits per heavy atom. The molecule has 6 nitrogen and oxygen atoms in total. The van der Waals surface area contributed by atoms with E-state index in [2.05, 4.69) is 4.72 Å². The van der Waals surface area contributed by atoms with Gasteiger partial charge in [0.25, 0.3) is 0 Å². The average molecular weight is 225 g/mol. The number of sulfonamides is 1. The van der Waals surface area contributed by atoms with Crippen LogP contribution < -0.4 is 4.72 Å². The van der Waals surface area contributed by atoms with Gasteiger partial charge in [-0.2, -0.15) is 0 Å². The van der Waals surface area contributed by atoms with Crippen LogP contribution in [0.4, 0.5) is 0 Å². The van der Waals surface area contributed by atoms with Crippen LogP contribution in [0.2, 0.25) is 0 Å². The molecule has 0 heterocycles. The number of carboxylic acids is 1. The molecule has 0 fully saturated rings. The molecule has 0 spiro atoms. The third-order valence-corrected chi connectivity index (χ3v) is 2.93. The molecule has 0 aliphatic rings. The van der Waals surface area contributed by atoms with Crippen molar-refractivity contribution in [2.45, 2.75) is 25.9 Å². The predicted octanol–water partition coefficient (Wildman–Crippen LogP) is -0.849. The second-order valence-corrected chi connectivity index (χ2v) is 5.39. The van der Waals surface area contributed by atoms with E-state index in [-0.39, 0.29) is 12.3 Å². The smallest absolute Gasteiger partial charge is 0.306 e. The second kappa shape index (κ2) is 4.72. The molecule has 0 bridgehead atoms. The van der Waals surface area contributed by atoms with Crippen molar-refractivity contribution in [2.24, 2.45) is 0 Å². The summed E-state index contributed by atoms with van der Waals surface area (Å²) in [4.78, 5) is 10.3. The van der Waals surface area contributed by atoms with Crippen LogP contribution in [0.25, 0.3) is 0 Å². The highest BCUT2D eigenvalue weighted by molar-refractivity contribution is 7.89. The van der Waals surface area contributed by atoms with Gasteiger partial charge in [0.2, 0.25) is 10.0 Å². The third-order valence-electron chi connectivity index (χ3n) is 1.59. The molecule has 0 aromatic heterocycles. The lowest BCUT2D eigenvalue weighted by Gasteiger charge is -2.21. The van der Waals surface area contributed by atoms with Crippen molar-refractivity contribution in [1.82, 2.24) is 4.72 Å². The number of rotatable bonds is 6. The van der Waals surface area contributed by atoms with Crippen LogP contribution in [0.3, 0.4) is 0 Å². The number of nitrogens with one attached hydrogen (secondary N) is 1. The number of aliphatic hydroxyl groups is 1. The van der Waals surface area contributed by atoms with Crippen LogP contribution in [0.15, 0.2) is 0 Å². The zero-order valence-corrected chi connectivity index (χ0v) is 8.97. The Balaban J connectivity index is 4.18. The fourth-order valence-electron chi connectivity index (χ4n) is 0.756. The van der Waals surface area contributed by atoms with Crippen LogP contribution in [0.1, 0.15) is 20.3 Å². The van der Waals surface area contributed by atoms with Gasteiger partial charge in [0.1, 0.15) is 0 Å². The lowest BCUT2D eigenvalue weighted by atomic mass is 10.0. The zero-order valence-electron chi connectivity index (χ0n) is 8.15. The lowest BCUT2D eigenvalue weighted by molar-refractivity contribution is -0.141. The highest BCUT2D eigenvalue weighted by atomic mass is 32.2. The number of hydrogen-bond donors (Lipinski definition) is 3. The molecule has 1 atom stereocenters. The first-order chi connectivity index (χ1) is 6.18. The molecule has 0 aromatic rings. The minimum Gasteiger partial charge on any atom is -0.481 e. The Hall–Kier alpha value is -0.660. The topological polar surface area (TPSA) is 104 Å². The van der Waals surface area contributed by atoms with Crippen molar-refractivity contribution >= 4 is 16.0 Å². The summed E-state index contributed by atoms with van der Waals surface area (Å²) < 4.78 is 24.0. The molecule has 0 amide bonds. The Bertz CT molecular complexity index is 295. The maximum atomic E-state index is 11.0. The molecule has 0 radical (unpaired) electrons. The average Bonchev–Trinajstić information content (AvgIpc) is 1.99. The van der Waals surface area contributed by atoms with Crippen molar-refractivity contribution in [1.29, 1.82) is 0 Å². The van der Waals surface area contributed by atoms with Crippen LogP contribution in [-0.4, -0.2) is 42.5 Å². The summed E-state index contributed by atoms with van der Waals surface area (Å²) >= 11 is 0. The third kappa shape index (κ3) is 5.90. The number of carboxylic acid groups (broad SMARTS) is 1. The van der Waals surface area contributed by atoms with E-state index in [1.165, 1.54) is 13.8 Å². The fourth-order valence-corrected chi connectivity index (χ4v) is 1.49. The van der Waals surface area contributed by atoms with Gasteiger partial charge in [-0.25, -0.2) is 13.1 Å². The van der Waals surface area contributed by atoms with Crippen LogP contribution in [-0.2, 0) is 14.8 Å². The lowest BCUT2D eigenvalue weighted by Crippen LogP contribution is -2.42. The minimum atomic E-state index is -3.39. The molecule has 14 heavy (non-hydrogen) atoms. The van der Waals surface area contributed by atoms with E-state index < -0.39 is 28.0 Å². The van der Waals surface area contributed by atoms with Gasteiger partial charge in [-0.15, -0.1) is 0 Å². The standard InChI is InChI=1S/C7H15NO5S/c1-3-14(12,13)8-5-7(2,11)4-6(9)10/h8,11H,3-5H2,1-2H3,(H,9,10). The van der Waals surface area contributed by atoms with E-state index >= 15 is 0 Å². The molecule has 7 heteroatoms. The molecule has 0 aromatic carbocycles. The predicted molar refractivity (Wildman–Crippen MR) is 50.3 cm³/mol. The largest absolute Gasteiger partial charge is 0.481 e. The Morgan fingerprint density at radius 3 is 2.36 bits per heavy atom. The number of aliphatic carboxylic acids is 1. The van der Waals surface area contributed by atoms with Gasteiger partial charge in [-0.3, -0.25) is 4.79 Å². The van der Waals surface area contributed by atoms with Crippen molar-refractivity contribution in [3.05, 3.63) is 0 Å². The van der Waals surface area contributed by atoms with Crippen molar-refractivity contribution in [2.75, 3.05) is 12.3 Å². The highest BCUT2D eigenvalue weighted by Crippen LogP contribution is 2.07. The van der Waals surface area contributed by atoms with E-state index in [9.17, 15) is 18.3 Å². The van der Waals surface area contributed by atoms with E-state index in [0.717, 1.165) is 0 Å². The number of hydrogen-bond acceptors (Lipinski definition) is 4. The number of carbonyl (C=O) groups is 1. The molecule has 84 valence electrons. The Kier molecular flexibility index (Phi) is 4.50. The molecular weight excluding hydrogens is 210 g/mol. The summed E-state index contributed by atoms with van der Waals surface area (Å²) in [5, 5.41) is 17.8. The van der Waals surface area contributed by atoms with Crippen LogP contribution >= 0.6 is 0 Å². The summed E-state index contributed by atoms with van der Waals surface area (Å²) in [6, 6.07) is 0. The van der Waals surface area contributed by atoms with Gasteiger partial charge in [-0.1, -0.05) is 0 Å². The Morgan fingerprint density at radius 1 is 1.50 bits per heavy atom. The first kappa shape index (κ1) is 13.3. The molecule has 3 N–H and O–H groups in total. The van der Waals surface area contributed by atoms with Gasteiger partial charge in [0.05, 0.1) is 17.8 Å². The molecule has 0 rings (SSSR count). The molecule has 0 saturated heterocycles. The minimum absolute atomic E-state index is 0.101. The maximum Gasteiger partial charge on any atom is 0.306 e. The zero-order chi connectivity index (χ0) is 11.4. The van der Waals surface area contributed by atoms with Gasteiger partial charge >= 0.3 is 5.97 Å². The van der Waals surface area contributed by atoms with E-state index in [1.54, 1.807) is 0 Å². The second-order valence-electron chi connectivity index (χ2n) is 3.29. The first-order valence-electron chi connectivity index (χ1n) is 4.10. The SMILES string of the molecule is CCS(=O)(=O)NCC(C)(O)CC(=O)O.